The Morgan fingerprint density at radius 2 is 2.00 bits per heavy atom. The van der Waals surface area contributed by atoms with E-state index in [1.807, 2.05) is 0 Å². The van der Waals surface area contributed by atoms with Crippen molar-refractivity contribution in [1.82, 2.24) is 9.62 Å². The summed E-state index contributed by atoms with van der Waals surface area (Å²) in [5.74, 6) is -0.336. The van der Waals surface area contributed by atoms with E-state index in [-0.39, 0.29) is 35.0 Å². The zero-order valence-corrected chi connectivity index (χ0v) is 14.6. The molecule has 2 rings (SSSR count). The van der Waals surface area contributed by atoms with Crippen LogP contribution in [0, 0.1) is 0 Å². The number of nitrogens with zero attached hydrogens (tertiary/aromatic N) is 1. The van der Waals surface area contributed by atoms with Crippen molar-refractivity contribution in [3.8, 4) is 5.75 Å². The molecule has 0 saturated heterocycles. The van der Waals surface area contributed by atoms with Crippen LogP contribution in [0.1, 0.15) is 19.8 Å². The Balaban J connectivity index is 2.20. The molecule has 2 amide bonds. The van der Waals surface area contributed by atoms with Crippen molar-refractivity contribution in [2.24, 2.45) is 0 Å². The number of amides is 2. The number of carbonyl (C=O) groups excluding carboxylic acids is 2. The van der Waals surface area contributed by atoms with Gasteiger partial charge in [0.1, 0.15) is 5.75 Å². The van der Waals surface area contributed by atoms with Crippen molar-refractivity contribution in [1.29, 1.82) is 0 Å². The van der Waals surface area contributed by atoms with Crippen LogP contribution in [0.2, 0.25) is 0 Å². The molecule has 24 heavy (non-hydrogen) atoms. The van der Waals surface area contributed by atoms with Crippen LogP contribution in [0.5, 0.6) is 5.75 Å². The monoisotopic (exact) mass is 355 g/mol. The van der Waals surface area contributed by atoms with Gasteiger partial charge < -0.3 is 15.4 Å². The van der Waals surface area contributed by atoms with Crippen molar-refractivity contribution in [3.05, 3.63) is 18.2 Å². The molecular weight excluding hydrogens is 334 g/mol. The smallest absolute Gasteiger partial charge is 0.243 e. The number of carbonyl (C=O) groups is 2. The van der Waals surface area contributed by atoms with E-state index >= 15 is 0 Å². The lowest BCUT2D eigenvalue weighted by Gasteiger charge is -2.18. The Kier molecular flexibility index (Phi) is 5.45. The minimum Gasteiger partial charge on any atom is -0.495 e. The molecule has 0 heterocycles. The van der Waals surface area contributed by atoms with Crippen molar-refractivity contribution in [2.45, 2.75) is 30.7 Å². The summed E-state index contributed by atoms with van der Waals surface area (Å²) in [5.41, 5.74) is 0.252. The van der Waals surface area contributed by atoms with Crippen LogP contribution in [0.3, 0.4) is 0 Å². The second-order valence-corrected chi connectivity index (χ2v) is 7.69. The maximum absolute atomic E-state index is 12.6. The van der Waals surface area contributed by atoms with Crippen LogP contribution in [0.15, 0.2) is 23.1 Å². The highest BCUT2D eigenvalue weighted by molar-refractivity contribution is 7.89. The van der Waals surface area contributed by atoms with Crippen LogP contribution in [-0.2, 0) is 19.6 Å². The normalized spacial score (nSPS) is 14.3. The molecule has 1 saturated carbocycles. The third-order valence-corrected chi connectivity index (χ3v) is 5.30. The van der Waals surface area contributed by atoms with Gasteiger partial charge in [-0.3, -0.25) is 9.59 Å². The predicted molar refractivity (Wildman–Crippen MR) is 88.3 cm³/mol. The van der Waals surface area contributed by atoms with Gasteiger partial charge in [0.05, 0.1) is 24.2 Å². The van der Waals surface area contributed by atoms with Gasteiger partial charge in [-0.05, 0) is 31.0 Å². The molecule has 0 aliphatic heterocycles. The number of likely N-dealkylation sites (N-methyl/N-ethyl adjacent to an activating group) is 1. The van der Waals surface area contributed by atoms with E-state index in [0.717, 1.165) is 17.1 Å². The van der Waals surface area contributed by atoms with E-state index in [9.17, 15) is 18.0 Å². The van der Waals surface area contributed by atoms with Gasteiger partial charge in [0.15, 0.2) is 0 Å². The molecule has 1 aliphatic rings. The first-order valence-corrected chi connectivity index (χ1v) is 8.89. The molecule has 1 fully saturated rings. The van der Waals surface area contributed by atoms with Crippen molar-refractivity contribution in [2.75, 3.05) is 26.0 Å². The van der Waals surface area contributed by atoms with Crippen LogP contribution in [-0.4, -0.2) is 51.3 Å². The summed E-state index contributed by atoms with van der Waals surface area (Å²) in [6.07, 6.45) is 1.86. The second-order valence-electron chi connectivity index (χ2n) is 5.65. The third kappa shape index (κ3) is 4.45. The second kappa shape index (κ2) is 7.18. The van der Waals surface area contributed by atoms with E-state index in [1.54, 1.807) is 0 Å². The number of sulfonamides is 1. The first-order chi connectivity index (χ1) is 11.2. The van der Waals surface area contributed by atoms with E-state index in [0.29, 0.717) is 5.75 Å². The zero-order chi connectivity index (χ0) is 17.9. The fourth-order valence-corrected chi connectivity index (χ4v) is 3.26. The molecule has 1 aromatic carbocycles. The molecule has 1 aromatic rings. The number of nitrogens with one attached hydrogen (secondary N) is 2. The molecule has 8 nitrogen and oxygen atoms in total. The van der Waals surface area contributed by atoms with Crippen molar-refractivity contribution in [3.63, 3.8) is 0 Å². The molecule has 0 radical (unpaired) electrons. The molecule has 0 bridgehead atoms. The van der Waals surface area contributed by atoms with Gasteiger partial charge >= 0.3 is 0 Å². The number of ether oxygens (including phenoxy) is 1. The Morgan fingerprint density at radius 1 is 1.33 bits per heavy atom. The predicted octanol–water partition coefficient (Wildman–Crippen LogP) is 0.553. The highest BCUT2D eigenvalue weighted by Crippen LogP contribution is 2.28. The summed E-state index contributed by atoms with van der Waals surface area (Å²) in [6, 6.07) is 4.30. The van der Waals surface area contributed by atoms with E-state index < -0.39 is 10.0 Å². The number of methoxy groups -OCH3 is 1. The number of benzene rings is 1. The molecular formula is C15H21N3O5S. The highest BCUT2D eigenvalue weighted by atomic mass is 32.2. The van der Waals surface area contributed by atoms with Crippen molar-refractivity contribution >= 4 is 27.5 Å². The van der Waals surface area contributed by atoms with Gasteiger partial charge in [-0.1, -0.05) is 0 Å². The zero-order valence-electron chi connectivity index (χ0n) is 13.8. The maximum Gasteiger partial charge on any atom is 0.243 e. The summed E-state index contributed by atoms with van der Waals surface area (Å²) in [7, 11) is -1.11. The topological polar surface area (TPSA) is 105 Å². The molecule has 9 heteroatoms. The SMILES string of the molecule is COc1ccc(S(=O)(=O)N(C)CC(=O)NC2CC2)cc1NC(C)=O. The molecule has 0 atom stereocenters. The van der Waals surface area contributed by atoms with E-state index in [1.165, 1.54) is 39.3 Å². The molecule has 132 valence electrons. The van der Waals surface area contributed by atoms with Gasteiger partial charge in [0.25, 0.3) is 0 Å². The Hall–Kier alpha value is -2.13. The maximum atomic E-state index is 12.6. The Morgan fingerprint density at radius 3 is 2.54 bits per heavy atom. The largest absolute Gasteiger partial charge is 0.495 e. The average molecular weight is 355 g/mol. The van der Waals surface area contributed by atoms with Crippen LogP contribution in [0.25, 0.3) is 0 Å². The van der Waals surface area contributed by atoms with Crippen LogP contribution < -0.4 is 15.4 Å². The lowest BCUT2D eigenvalue weighted by atomic mass is 10.3. The Labute approximate surface area is 141 Å². The third-order valence-electron chi connectivity index (χ3n) is 3.50. The molecule has 2 N–H and O–H groups in total. The summed E-state index contributed by atoms with van der Waals surface area (Å²) in [4.78, 5) is 23.0. The number of rotatable bonds is 7. The minimum absolute atomic E-state index is 0.0335. The molecule has 1 aliphatic carbocycles. The minimum atomic E-state index is -3.87. The van der Waals surface area contributed by atoms with Crippen LogP contribution >= 0.6 is 0 Å². The lowest BCUT2D eigenvalue weighted by molar-refractivity contribution is -0.121. The van der Waals surface area contributed by atoms with Gasteiger partial charge in [-0.2, -0.15) is 4.31 Å². The quantitative estimate of drug-likeness (QED) is 0.743. The fraction of sp³-hybridized carbons (Fsp3) is 0.467. The van der Waals surface area contributed by atoms with Gasteiger partial charge in [-0.25, -0.2) is 8.42 Å². The average Bonchev–Trinajstić information content (AvgIpc) is 3.30. The fourth-order valence-electron chi connectivity index (χ4n) is 2.10. The number of hydrogen-bond donors (Lipinski definition) is 2. The van der Waals surface area contributed by atoms with E-state index in [2.05, 4.69) is 10.6 Å². The summed E-state index contributed by atoms with van der Waals surface area (Å²) in [5, 5.41) is 5.27. The van der Waals surface area contributed by atoms with E-state index in [4.69, 9.17) is 4.74 Å². The lowest BCUT2D eigenvalue weighted by Crippen LogP contribution is -2.39. The Bertz CT molecular complexity index is 743. The molecule has 0 aromatic heterocycles. The first-order valence-electron chi connectivity index (χ1n) is 7.45. The summed E-state index contributed by atoms with van der Waals surface area (Å²) < 4.78 is 31.3. The first kappa shape index (κ1) is 18.2. The van der Waals surface area contributed by atoms with Gasteiger partial charge in [0, 0.05) is 20.0 Å². The highest BCUT2D eigenvalue weighted by Gasteiger charge is 2.27. The van der Waals surface area contributed by atoms with Gasteiger partial charge in [0.2, 0.25) is 21.8 Å². The number of hydrogen-bond acceptors (Lipinski definition) is 5. The van der Waals surface area contributed by atoms with Crippen molar-refractivity contribution < 1.29 is 22.7 Å². The number of anilines is 1. The summed E-state index contributed by atoms with van der Waals surface area (Å²) in [6.45, 7) is 1.05. The molecule has 0 spiro atoms. The molecule has 0 unspecified atom stereocenters. The van der Waals surface area contributed by atoms with Gasteiger partial charge in [-0.15, -0.1) is 0 Å². The summed E-state index contributed by atoms with van der Waals surface area (Å²) >= 11 is 0. The standard InChI is InChI=1S/C15H21N3O5S/c1-10(19)16-13-8-12(6-7-14(13)23-3)24(21,22)18(2)9-15(20)17-11-4-5-11/h6-8,11H,4-5,9H2,1-3H3,(H,16,19)(H,17,20). The van der Waals surface area contributed by atoms with Crippen LogP contribution in [0.4, 0.5) is 5.69 Å².